The van der Waals surface area contributed by atoms with E-state index in [1.807, 2.05) is 25.1 Å². The molecule has 1 aromatic carbocycles. The topological polar surface area (TPSA) is 76.1 Å². The maximum Gasteiger partial charge on any atom is 0.276 e. The van der Waals surface area contributed by atoms with E-state index >= 15 is 0 Å². The molecule has 1 amide bonds. The number of anilines is 2. The van der Waals surface area contributed by atoms with Gasteiger partial charge in [0.1, 0.15) is 5.82 Å². The van der Waals surface area contributed by atoms with E-state index in [2.05, 4.69) is 36.8 Å². The third kappa shape index (κ3) is 4.51. The summed E-state index contributed by atoms with van der Waals surface area (Å²) in [5.41, 5.74) is 2.06. The van der Waals surface area contributed by atoms with Gasteiger partial charge in [-0.05, 0) is 52.7 Å². The molecule has 0 unspecified atom stereocenters. The third-order valence-corrected chi connectivity index (χ3v) is 3.54. The van der Waals surface area contributed by atoms with Crippen LogP contribution in [0.1, 0.15) is 16.1 Å². The normalized spacial score (nSPS) is 10.3. The Bertz CT molecular complexity index is 646. The summed E-state index contributed by atoms with van der Waals surface area (Å²) in [6.07, 6.45) is 0. The van der Waals surface area contributed by atoms with Crippen LogP contribution in [0.25, 0.3) is 0 Å². The van der Waals surface area contributed by atoms with E-state index in [0.717, 1.165) is 10.0 Å². The van der Waals surface area contributed by atoms with E-state index in [-0.39, 0.29) is 11.6 Å². The molecule has 2 N–H and O–H groups in total. The fraction of sp³-hybridized carbons (Fsp3) is 0.267. The number of aromatic nitrogens is 2. The van der Waals surface area contributed by atoms with Crippen molar-refractivity contribution in [3.8, 4) is 0 Å². The van der Waals surface area contributed by atoms with E-state index in [0.29, 0.717) is 24.7 Å². The standard InChI is InChI=1S/C15H17BrN4O2/c1-10-3-4-12(11(16)9-10)18-15(21)13-5-6-14(20-19-13)17-7-8-22-2/h3-6,9H,7-8H2,1-2H3,(H,17,20)(H,18,21). The second-order valence-corrected chi connectivity index (χ2v) is 5.52. The summed E-state index contributed by atoms with van der Waals surface area (Å²) in [5, 5.41) is 13.7. The average Bonchev–Trinajstić information content (AvgIpc) is 2.51. The molecular weight excluding hydrogens is 348 g/mol. The van der Waals surface area contributed by atoms with Crippen molar-refractivity contribution < 1.29 is 9.53 Å². The minimum Gasteiger partial charge on any atom is -0.383 e. The fourth-order valence-corrected chi connectivity index (χ4v) is 2.33. The molecule has 0 radical (unpaired) electrons. The number of nitrogens with zero attached hydrogens (tertiary/aromatic N) is 2. The number of amides is 1. The largest absolute Gasteiger partial charge is 0.383 e. The number of hydrogen-bond donors (Lipinski definition) is 2. The third-order valence-electron chi connectivity index (χ3n) is 2.88. The zero-order valence-corrected chi connectivity index (χ0v) is 14.0. The van der Waals surface area contributed by atoms with Crippen LogP contribution in [0.5, 0.6) is 0 Å². The van der Waals surface area contributed by atoms with Crippen LogP contribution < -0.4 is 10.6 Å². The molecule has 116 valence electrons. The van der Waals surface area contributed by atoms with E-state index < -0.39 is 0 Å². The van der Waals surface area contributed by atoms with Crippen molar-refractivity contribution in [2.24, 2.45) is 0 Å². The highest BCUT2D eigenvalue weighted by molar-refractivity contribution is 9.10. The van der Waals surface area contributed by atoms with Crippen LogP contribution in [0.4, 0.5) is 11.5 Å². The van der Waals surface area contributed by atoms with Gasteiger partial charge in [0, 0.05) is 18.1 Å². The van der Waals surface area contributed by atoms with Gasteiger partial charge >= 0.3 is 0 Å². The lowest BCUT2D eigenvalue weighted by atomic mass is 10.2. The van der Waals surface area contributed by atoms with E-state index in [1.165, 1.54) is 0 Å². The number of nitrogens with one attached hydrogen (secondary N) is 2. The highest BCUT2D eigenvalue weighted by Gasteiger charge is 2.10. The molecule has 0 atom stereocenters. The summed E-state index contributed by atoms with van der Waals surface area (Å²) < 4.78 is 5.76. The maximum absolute atomic E-state index is 12.1. The Labute approximate surface area is 137 Å². The summed E-state index contributed by atoms with van der Waals surface area (Å²) in [7, 11) is 1.63. The molecule has 2 rings (SSSR count). The van der Waals surface area contributed by atoms with Crippen LogP contribution in [-0.2, 0) is 4.74 Å². The molecule has 0 spiro atoms. The minimum absolute atomic E-state index is 0.254. The molecular formula is C15H17BrN4O2. The molecule has 1 heterocycles. The van der Waals surface area contributed by atoms with Crippen molar-refractivity contribution in [3.05, 3.63) is 46.1 Å². The van der Waals surface area contributed by atoms with Gasteiger partial charge in [-0.15, -0.1) is 10.2 Å². The van der Waals surface area contributed by atoms with E-state index in [4.69, 9.17) is 4.74 Å². The van der Waals surface area contributed by atoms with Crippen LogP contribution >= 0.6 is 15.9 Å². The van der Waals surface area contributed by atoms with Crippen molar-refractivity contribution in [1.29, 1.82) is 0 Å². The molecule has 0 saturated carbocycles. The fourth-order valence-electron chi connectivity index (χ4n) is 1.74. The lowest BCUT2D eigenvalue weighted by molar-refractivity contribution is 0.102. The number of methoxy groups -OCH3 is 1. The van der Waals surface area contributed by atoms with Crippen LogP contribution in [0.2, 0.25) is 0 Å². The van der Waals surface area contributed by atoms with Gasteiger partial charge in [-0.1, -0.05) is 6.07 Å². The maximum atomic E-state index is 12.1. The van der Waals surface area contributed by atoms with Crippen molar-refractivity contribution in [1.82, 2.24) is 10.2 Å². The molecule has 7 heteroatoms. The lowest BCUT2D eigenvalue weighted by Crippen LogP contribution is -2.16. The van der Waals surface area contributed by atoms with Crippen LogP contribution in [-0.4, -0.2) is 36.4 Å². The molecule has 6 nitrogen and oxygen atoms in total. The summed E-state index contributed by atoms with van der Waals surface area (Å²) >= 11 is 3.42. The summed E-state index contributed by atoms with van der Waals surface area (Å²) in [4.78, 5) is 12.1. The van der Waals surface area contributed by atoms with Crippen molar-refractivity contribution in [2.45, 2.75) is 6.92 Å². The second kappa shape index (κ2) is 7.86. The van der Waals surface area contributed by atoms with Crippen molar-refractivity contribution in [3.63, 3.8) is 0 Å². The molecule has 0 aliphatic heterocycles. The number of benzene rings is 1. The number of carbonyl (C=O) groups is 1. The first kappa shape index (κ1) is 16.4. The van der Waals surface area contributed by atoms with Gasteiger partial charge in [-0.2, -0.15) is 0 Å². The molecule has 0 aliphatic carbocycles. The Morgan fingerprint density at radius 1 is 1.27 bits per heavy atom. The minimum atomic E-state index is -0.305. The number of carbonyl (C=O) groups excluding carboxylic acids is 1. The second-order valence-electron chi connectivity index (χ2n) is 4.66. The average molecular weight is 365 g/mol. The zero-order valence-electron chi connectivity index (χ0n) is 12.4. The van der Waals surface area contributed by atoms with E-state index in [1.54, 1.807) is 19.2 Å². The Balaban J connectivity index is 2.00. The quantitative estimate of drug-likeness (QED) is 0.770. The smallest absolute Gasteiger partial charge is 0.276 e. The van der Waals surface area contributed by atoms with Gasteiger partial charge in [0.15, 0.2) is 5.69 Å². The molecule has 2 aromatic rings. The van der Waals surface area contributed by atoms with Crippen LogP contribution in [0, 0.1) is 6.92 Å². The van der Waals surface area contributed by atoms with E-state index in [9.17, 15) is 4.79 Å². The van der Waals surface area contributed by atoms with Gasteiger partial charge in [0.05, 0.1) is 12.3 Å². The molecule has 0 aliphatic rings. The number of hydrogen-bond acceptors (Lipinski definition) is 5. The van der Waals surface area contributed by atoms with Crippen LogP contribution in [0.15, 0.2) is 34.8 Å². The van der Waals surface area contributed by atoms with Gasteiger partial charge in [0.2, 0.25) is 0 Å². The number of ether oxygens (including phenoxy) is 1. The lowest BCUT2D eigenvalue weighted by Gasteiger charge is -2.08. The number of halogens is 1. The Kier molecular flexibility index (Phi) is 5.85. The zero-order chi connectivity index (χ0) is 15.9. The molecule has 1 aromatic heterocycles. The molecule has 22 heavy (non-hydrogen) atoms. The summed E-state index contributed by atoms with van der Waals surface area (Å²) in [6, 6.07) is 9.03. The summed E-state index contributed by atoms with van der Waals surface area (Å²) in [6.45, 7) is 3.19. The number of aryl methyl sites for hydroxylation is 1. The van der Waals surface area contributed by atoms with Gasteiger partial charge in [-0.25, -0.2) is 0 Å². The van der Waals surface area contributed by atoms with Gasteiger partial charge in [-0.3, -0.25) is 4.79 Å². The van der Waals surface area contributed by atoms with Crippen LogP contribution in [0.3, 0.4) is 0 Å². The Morgan fingerprint density at radius 2 is 2.09 bits per heavy atom. The Hall–Kier alpha value is -1.99. The predicted molar refractivity (Wildman–Crippen MR) is 89.2 cm³/mol. The molecule has 0 saturated heterocycles. The Morgan fingerprint density at radius 3 is 2.73 bits per heavy atom. The van der Waals surface area contributed by atoms with Crippen molar-refractivity contribution >= 4 is 33.3 Å². The monoisotopic (exact) mass is 364 g/mol. The first-order chi connectivity index (χ1) is 10.6. The molecule has 0 bridgehead atoms. The first-order valence-corrected chi connectivity index (χ1v) is 7.53. The van der Waals surface area contributed by atoms with Gasteiger partial charge < -0.3 is 15.4 Å². The molecule has 0 fully saturated rings. The van der Waals surface area contributed by atoms with Crippen molar-refractivity contribution in [2.75, 3.05) is 30.9 Å². The highest BCUT2D eigenvalue weighted by Crippen LogP contribution is 2.23. The first-order valence-electron chi connectivity index (χ1n) is 6.74. The van der Waals surface area contributed by atoms with Gasteiger partial charge in [0.25, 0.3) is 5.91 Å². The number of rotatable bonds is 6. The SMILES string of the molecule is COCCNc1ccc(C(=O)Nc2ccc(C)cc2Br)nn1. The predicted octanol–water partition coefficient (Wildman–Crippen LogP) is 2.86. The summed E-state index contributed by atoms with van der Waals surface area (Å²) in [5.74, 6) is 0.297. The highest BCUT2D eigenvalue weighted by atomic mass is 79.9.